The van der Waals surface area contributed by atoms with Crippen LogP contribution in [0.15, 0.2) is 18.2 Å². The monoisotopic (exact) mass is 324 g/mol. The molecule has 22 heavy (non-hydrogen) atoms. The van der Waals surface area contributed by atoms with Crippen LogP contribution in [-0.2, 0) is 4.79 Å². The van der Waals surface area contributed by atoms with Gasteiger partial charge in [-0.2, -0.15) is 0 Å². The van der Waals surface area contributed by atoms with Crippen molar-refractivity contribution in [3.63, 3.8) is 0 Å². The number of carbonyl (C=O) groups is 1. The van der Waals surface area contributed by atoms with Crippen LogP contribution in [0.4, 0.5) is 5.69 Å². The zero-order chi connectivity index (χ0) is 16.3. The Hall–Kier alpha value is -1.10. The molecule has 0 bridgehead atoms. The topological polar surface area (TPSA) is 52.6 Å². The van der Waals surface area contributed by atoms with Crippen molar-refractivity contribution in [1.29, 1.82) is 0 Å². The SMILES string of the molecule is Cc1ccc(Cl)cc1NC(=O)C(C)N1CCCC(C)(CO)C1. The third kappa shape index (κ3) is 4.00. The lowest BCUT2D eigenvalue weighted by molar-refractivity contribution is -0.122. The van der Waals surface area contributed by atoms with Crippen LogP contribution in [0.25, 0.3) is 0 Å². The number of carbonyl (C=O) groups excluding carboxylic acids is 1. The fraction of sp³-hybridized carbons (Fsp3) is 0.588. The molecule has 2 atom stereocenters. The van der Waals surface area contributed by atoms with E-state index >= 15 is 0 Å². The van der Waals surface area contributed by atoms with Gasteiger partial charge in [-0.15, -0.1) is 0 Å². The summed E-state index contributed by atoms with van der Waals surface area (Å²) in [6, 6.07) is 5.25. The number of piperidine rings is 1. The summed E-state index contributed by atoms with van der Waals surface area (Å²) in [5, 5.41) is 13.1. The highest BCUT2D eigenvalue weighted by molar-refractivity contribution is 6.31. The summed E-state index contributed by atoms with van der Waals surface area (Å²) in [5.74, 6) is -0.0347. The van der Waals surface area contributed by atoms with Gasteiger partial charge in [-0.1, -0.05) is 24.6 Å². The summed E-state index contributed by atoms with van der Waals surface area (Å²) in [6.45, 7) is 7.72. The van der Waals surface area contributed by atoms with E-state index in [0.29, 0.717) is 5.02 Å². The number of aryl methyl sites for hydroxylation is 1. The van der Waals surface area contributed by atoms with E-state index in [4.69, 9.17) is 11.6 Å². The van der Waals surface area contributed by atoms with Gasteiger partial charge in [0.15, 0.2) is 0 Å². The van der Waals surface area contributed by atoms with Crippen molar-refractivity contribution < 1.29 is 9.90 Å². The van der Waals surface area contributed by atoms with Crippen molar-refractivity contribution in [1.82, 2.24) is 4.90 Å². The predicted molar refractivity (Wildman–Crippen MR) is 90.3 cm³/mol. The maximum Gasteiger partial charge on any atom is 0.241 e. The standard InChI is InChI=1S/C17H25ClN2O2/c1-12-5-6-14(18)9-15(12)19-16(22)13(2)20-8-4-7-17(3,10-20)11-21/h5-6,9,13,21H,4,7-8,10-11H2,1-3H3,(H,19,22). The number of halogens is 1. The number of nitrogens with zero attached hydrogens (tertiary/aromatic N) is 1. The highest BCUT2D eigenvalue weighted by Crippen LogP contribution is 2.30. The Morgan fingerprint density at radius 2 is 2.27 bits per heavy atom. The molecular formula is C17H25ClN2O2. The smallest absolute Gasteiger partial charge is 0.241 e. The Labute approximate surface area is 137 Å². The zero-order valence-corrected chi connectivity index (χ0v) is 14.3. The van der Waals surface area contributed by atoms with Gasteiger partial charge in [0.05, 0.1) is 6.04 Å². The molecule has 2 rings (SSSR count). The Morgan fingerprint density at radius 3 is 2.95 bits per heavy atom. The van der Waals surface area contributed by atoms with Crippen molar-refractivity contribution >= 4 is 23.2 Å². The minimum absolute atomic E-state index is 0.0347. The first kappa shape index (κ1) is 17.3. The lowest BCUT2D eigenvalue weighted by atomic mass is 9.82. The summed E-state index contributed by atoms with van der Waals surface area (Å²) >= 11 is 6.00. The fourth-order valence-corrected chi connectivity index (χ4v) is 3.12. The largest absolute Gasteiger partial charge is 0.396 e. The van der Waals surface area contributed by atoms with Gasteiger partial charge in [0.1, 0.15) is 0 Å². The second-order valence-electron chi connectivity index (χ2n) is 6.67. The molecule has 1 fully saturated rings. The van der Waals surface area contributed by atoms with Crippen molar-refractivity contribution in [2.75, 3.05) is 25.0 Å². The van der Waals surface area contributed by atoms with E-state index in [1.807, 2.05) is 26.0 Å². The molecule has 1 aliphatic rings. The Balaban J connectivity index is 2.04. The van der Waals surface area contributed by atoms with Gasteiger partial charge in [-0.25, -0.2) is 0 Å². The molecular weight excluding hydrogens is 300 g/mol. The van der Waals surface area contributed by atoms with Gasteiger partial charge < -0.3 is 10.4 Å². The molecule has 1 amide bonds. The average Bonchev–Trinajstić information content (AvgIpc) is 2.50. The van der Waals surface area contributed by atoms with E-state index in [2.05, 4.69) is 17.1 Å². The van der Waals surface area contributed by atoms with Crippen molar-refractivity contribution in [3.8, 4) is 0 Å². The van der Waals surface area contributed by atoms with Crippen LogP contribution < -0.4 is 5.32 Å². The lowest BCUT2D eigenvalue weighted by Gasteiger charge is -2.41. The molecule has 122 valence electrons. The number of aliphatic hydroxyl groups excluding tert-OH is 1. The number of amides is 1. The van der Waals surface area contributed by atoms with Crippen LogP contribution in [0.1, 0.15) is 32.3 Å². The molecule has 0 saturated carbocycles. The van der Waals surface area contributed by atoms with E-state index in [0.717, 1.165) is 37.2 Å². The summed E-state index contributed by atoms with van der Waals surface area (Å²) in [6.07, 6.45) is 2.01. The average molecular weight is 325 g/mol. The van der Waals surface area contributed by atoms with Crippen LogP contribution in [0.2, 0.25) is 5.02 Å². The number of hydrogen-bond donors (Lipinski definition) is 2. The molecule has 0 aliphatic carbocycles. The first-order valence-electron chi connectivity index (χ1n) is 7.76. The first-order valence-corrected chi connectivity index (χ1v) is 8.14. The first-order chi connectivity index (χ1) is 10.3. The second kappa shape index (κ2) is 6.99. The summed E-state index contributed by atoms with van der Waals surface area (Å²) in [7, 11) is 0. The second-order valence-corrected chi connectivity index (χ2v) is 7.10. The normalized spacial score (nSPS) is 24.0. The van der Waals surface area contributed by atoms with Gasteiger partial charge in [0.2, 0.25) is 5.91 Å². The minimum Gasteiger partial charge on any atom is -0.396 e. The summed E-state index contributed by atoms with van der Waals surface area (Å²) in [4.78, 5) is 14.7. The molecule has 1 aromatic rings. The molecule has 4 nitrogen and oxygen atoms in total. The van der Waals surface area contributed by atoms with Crippen molar-refractivity contribution in [2.24, 2.45) is 5.41 Å². The highest BCUT2D eigenvalue weighted by Gasteiger charge is 2.34. The maximum absolute atomic E-state index is 12.5. The van der Waals surface area contributed by atoms with E-state index in [9.17, 15) is 9.90 Å². The van der Waals surface area contributed by atoms with Gasteiger partial charge in [-0.3, -0.25) is 9.69 Å². The molecule has 1 saturated heterocycles. The molecule has 0 aromatic heterocycles. The fourth-order valence-electron chi connectivity index (χ4n) is 2.95. The molecule has 5 heteroatoms. The quantitative estimate of drug-likeness (QED) is 0.895. The van der Waals surface area contributed by atoms with E-state index in [-0.39, 0.29) is 24.0 Å². The Kier molecular flexibility index (Phi) is 5.48. The molecule has 1 aromatic carbocycles. The number of likely N-dealkylation sites (tertiary alicyclic amines) is 1. The van der Waals surface area contributed by atoms with Crippen LogP contribution >= 0.6 is 11.6 Å². The molecule has 1 heterocycles. The van der Waals surface area contributed by atoms with Crippen LogP contribution in [0, 0.1) is 12.3 Å². The number of aliphatic hydroxyl groups is 1. The molecule has 2 N–H and O–H groups in total. The van der Waals surface area contributed by atoms with Crippen molar-refractivity contribution in [3.05, 3.63) is 28.8 Å². The Morgan fingerprint density at radius 1 is 1.55 bits per heavy atom. The predicted octanol–water partition coefficient (Wildman–Crippen LogP) is 3.07. The molecule has 0 spiro atoms. The van der Waals surface area contributed by atoms with E-state index < -0.39 is 0 Å². The molecule has 0 radical (unpaired) electrons. The van der Waals surface area contributed by atoms with Crippen LogP contribution in [0.5, 0.6) is 0 Å². The number of rotatable bonds is 4. The van der Waals surface area contributed by atoms with E-state index in [1.54, 1.807) is 6.07 Å². The Bertz CT molecular complexity index is 549. The van der Waals surface area contributed by atoms with Crippen LogP contribution in [0.3, 0.4) is 0 Å². The van der Waals surface area contributed by atoms with Gasteiger partial charge in [0.25, 0.3) is 0 Å². The minimum atomic E-state index is -0.232. The van der Waals surface area contributed by atoms with Gasteiger partial charge in [0, 0.05) is 29.3 Å². The highest BCUT2D eigenvalue weighted by atomic mass is 35.5. The summed E-state index contributed by atoms with van der Waals surface area (Å²) < 4.78 is 0. The number of anilines is 1. The number of benzene rings is 1. The number of hydrogen-bond acceptors (Lipinski definition) is 3. The zero-order valence-electron chi connectivity index (χ0n) is 13.5. The third-order valence-electron chi connectivity index (χ3n) is 4.58. The van der Waals surface area contributed by atoms with E-state index in [1.165, 1.54) is 0 Å². The van der Waals surface area contributed by atoms with Gasteiger partial charge in [-0.05, 0) is 50.9 Å². The third-order valence-corrected chi connectivity index (χ3v) is 4.81. The molecule has 2 unspecified atom stereocenters. The van der Waals surface area contributed by atoms with Crippen LogP contribution in [-0.4, -0.2) is 41.7 Å². The lowest BCUT2D eigenvalue weighted by Crippen LogP contribution is -2.51. The maximum atomic E-state index is 12.5. The van der Waals surface area contributed by atoms with Gasteiger partial charge >= 0.3 is 0 Å². The number of nitrogens with one attached hydrogen (secondary N) is 1. The summed E-state index contributed by atoms with van der Waals surface area (Å²) in [5.41, 5.74) is 1.63. The molecule has 1 aliphatic heterocycles. The van der Waals surface area contributed by atoms with Crippen molar-refractivity contribution in [2.45, 2.75) is 39.7 Å².